The van der Waals surface area contributed by atoms with E-state index in [1.165, 1.54) is 0 Å². The van der Waals surface area contributed by atoms with E-state index >= 15 is 0 Å². The summed E-state index contributed by atoms with van der Waals surface area (Å²) in [5, 5.41) is 5.98. The standard InChI is InChI=1S/C10H19N3O2/c1-5(2)9-7(4-8(14)13-9)12-6(3)10(11)15/h5-7,9,12H,4H2,1-3H3,(H2,11,15)(H,13,14)/t6-,7-,9-/m0/s1. The second-order valence-corrected chi connectivity index (χ2v) is 4.44. The van der Waals surface area contributed by atoms with Crippen molar-refractivity contribution in [2.75, 3.05) is 0 Å². The average molecular weight is 213 g/mol. The summed E-state index contributed by atoms with van der Waals surface area (Å²) in [6.45, 7) is 5.79. The van der Waals surface area contributed by atoms with Crippen LogP contribution in [0.3, 0.4) is 0 Å². The maximum Gasteiger partial charge on any atom is 0.234 e. The summed E-state index contributed by atoms with van der Waals surface area (Å²) in [6.07, 6.45) is 0.417. The third kappa shape index (κ3) is 2.92. The number of hydrogen-bond donors (Lipinski definition) is 3. The van der Waals surface area contributed by atoms with Crippen molar-refractivity contribution >= 4 is 11.8 Å². The van der Waals surface area contributed by atoms with Crippen LogP contribution < -0.4 is 16.4 Å². The van der Waals surface area contributed by atoms with Crippen molar-refractivity contribution < 1.29 is 9.59 Å². The van der Waals surface area contributed by atoms with E-state index in [1.807, 2.05) is 13.8 Å². The minimum absolute atomic E-state index is 0.000000000000000222. The highest BCUT2D eigenvalue weighted by atomic mass is 16.2. The first-order valence-electron chi connectivity index (χ1n) is 5.26. The minimum Gasteiger partial charge on any atom is -0.368 e. The van der Waals surface area contributed by atoms with E-state index in [4.69, 9.17) is 5.73 Å². The van der Waals surface area contributed by atoms with Gasteiger partial charge in [-0.3, -0.25) is 9.59 Å². The Kier molecular flexibility index (Phi) is 3.68. The van der Waals surface area contributed by atoms with Crippen molar-refractivity contribution in [3.8, 4) is 0 Å². The van der Waals surface area contributed by atoms with E-state index in [0.29, 0.717) is 12.3 Å². The van der Waals surface area contributed by atoms with Crippen molar-refractivity contribution in [2.24, 2.45) is 11.7 Å². The van der Waals surface area contributed by atoms with E-state index in [1.54, 1.807) is 6.92 Å². The molecule has 86 valence electrons. The summed E-state index contributed by atoms with van der Waals surface area (Å²) in [4.78, 5) is 22.2. The van der Waals surface area contributed by atoms with Gasteiger partial charge in [-0.15, -0.1) is 0 Å². The summed E-state index contributed by atoms with van der Waals surface area (Å²) in [5.74, 6) is -0.0197. The highest BCUT2D eigenvalue weighted by Crippen LogP contribution is 2.16. The van der Waals surface area contributed by atoms with Crippen LogP contribution in [0.5, 0.6) is 0 Å². The van der Waals surface area contributed by atoms with Crippen LogP contribution in [-0.2, 0) is 9.59 Å². The molecule has 0 saturated carbocycles. The summed E-state index contributed by atoms with van der Waals surface area (Å²) in [5.41, 5.74) is 5.16. The van der Waals surface area contributed by atoms with Gasteiger partial charge in [0, 0.05) is 18.5 Å². The van der Waals surface area contributed by atoms with Gasteiger partial charge in [0.2, 0.25) is 11.8 Å². The molecule has 1 fully saturated rings. The summed E-state index contributed by atoms with van der Waals surface area (Å²) >= 11 is 0. The van der Waals surface area contributed by atoms with Gasteiger partial charge in [-0.25, -0.2) is 0 Å². The molecule has 0 aromatic heterocycles. The Labute approximate surface area is 89.8 Å². The van der Waals surface area contributed by atoms with Gasteiger partial charge >= 0.3 is 0 Å². The largest absolute Gasteiger partial charge is 0.368 e. The number of carbonyl (C=O) groups is 2. The number of nitrogens with two attached hydrogens (primary N) is 1. The van der Waals surface area contributed by atoms with Gasteiger partial charge < -0.3 is 16.4 Å². The van der Waals surface area contributed by atoms with E-state index in [2.05, 4.69) is 10.6 Å². The Bertz CT molecular complexity index is 265. The molecule has 1 aliphatic heterocycles. The zero-order valence-corrected chi connectivity index (χ0v) is 9.41. The molecule has 0 aliphatic carbocycles. The number of primary amides is 1. The molecule has 1 rings (SSSR count). The van der Waals surface area contributed by atoms with Crippen molar-refractivity contribution in [2.45, 2.75) is 45.3 Å². The van der Waals surface area contributed by atoms with Crippen molar-refractivity contribution in [3.05, 3.63) is 0 Å². The van der Waals surface area contributed by atoms with Crippen molar-refractivity contribution in [3.63, 3.8) is 0 Å². The van der Waals surface area contributed by atoms with Crippen LogP contribution in [0.2, 0.25) is 0 Å². The molecule has 1 heterocycles. The molecule has 0 radical (unpaired) electrons. The minimum atomic E-state index is -0.399. The summed E-state index contributed by atoms with van der Waals surface area (Å²) < 4.78 is 0. The molecule has 0 spiro atoms. The van der Waals surface area contributed by atoms with E-state index in [0.717, 1.165) is 0 Å². The van der Waals surface area contributed by atoms with Crippen molar-refractivity contribution in [1.29, 1.82) is 0 Å². The second-order valence-electron chi connectivity index (χ2n) is 4.44. The molecular formula is C10H19N3O2. The van der Waals surface area contributed by atoms with E-state index in [9.17, 15) is 9.59 Å². The molecule has 2 amide bonds. The predicted octanol–water partition coefficient (Wildman–Crippen LogP) is -0.637. The zero-order valence-electron chi connectivity index (χ0n) is 9.41. The van der Waals surface area contributed by atoms with Gasteiger partial charge in [0.05, 0.1) is 6.04 Å². The Balaban J connectivity index is 2.59. The van der Waals surface area contributed by atoms with Crippen LogP contribution in [0, 0.1) is 5.92 Å². The zero-order chi connectivity index (χ0) is 11.6. The smallest absolute Gasteiger partial charge is 0.234 e. The van der Waals surface area contributed by atoms with Crippen LogP contribution in [0.25, 0.3) is 0 Å². The quantitative estimate of drug-likeness (QED) is 0.581. The summed E-state index contributed by atoms with van der Waals surface area (Å²) in [6, 6.07) is -0.316. The van der Waals surface area contributed by atoms with E-state index in [-0.39, 0.29) is 18.0 Å². The predicted molar refractivity (Wildman–Crippen MR) is 57.0 cm³/mol. The highest BCUT2D eigenvalue weighted by Gasteiger charge is 2.35. The molecular weight excluding hydrogens is 194 g/mol. The van der Waals surface area contributed by atoms with Crippen LogP contribution in [-0.4, -0.2) is 29.9 Å². The lowest BCUT2D eigenvalue weighted by atomic mass is 9.97. The van der Waals surface area contributed by atoms with Crippen LogP contribution in [0.15, 0.2) is 0 Å². The first-order valence-corrected chi connectivity index (χ1v) is 5.26. The lowest BCUT2D eigenvalue weighted by molar-refractivity contribution is -0.121. The lowest BCUT2D eigenvalue weighted by Gasteiger charge is -2.25. The SMILES string of the molecule is CC(C)[C@@H]1NC(=O)C[C@@H]1N[C@@H](C)C(N)=O. The molecule has 1 saturated heterocycles. The van der Waals surface area contributed by atoms with E-state index < -0.39 is 11.9 Å². The van der Waals surface area contributed by atoms with Gasteiger partial charge in [-0.05, 0) is 12.8 Å². The monoisotopic (exact) mass is 213 g/mol. The molecule has 5 heteroatoms. The van der Waals surface area contributed by atoms with Crippen LogP contribution in [0.1, 0.15) is 27.2 Å². The fourth-order valence-corrected chi connectivity index (χ4v) is 1.87. The Hall–Kier alpha value is -1.10. The molecule has 1 aliphatic rings. The second kappa shape index (κ2) is 4.61. The van der Waals surface area contributed by atoms with Crippen molar-refractivity contribution in [1.82, 2.24) is 10.6 Å². The normalized spacial score (nSPS) is 27.9. The number of hydrogen-bond acceptors (Lipinski definition) is 3. The molecule has 0 bridgehead atoms. The number of nitrogens with one attached hydrogen (secondary N) is 2. The van der Waals surface area contributed by atoms with Gasteiger partial charge in [-0.1, -0.05) is 13.8 Å². The fourth-order valence-electron chi connectivity index (χ4n) is 1.87. The fraction of sp³-hybridized carbons (Fsp3) is 0.800. The number of amides is 2. The molecule has 0 aromatic carbocycles. The molecule has 0 unspecified atom stereocenters. The topological polar surface area (TPSA) is 84.2 Å². The maximum absolute atomic E-state index is 11.3. The van der Waals surface area contributed by atoms with Gasteiger partial charge in [-0.2, -0.15) is 0 Å². The molecule has 0 aromatic rings. The molecule has 3 atom stereocenters. The number of rotatable bonds is 4. The third-order valence-electron chi connectivity index (χ3n) is 2.78. The molecule has 5 nitrogen and oxygen atoms in total. The van der Waals surface area contributed by atoms with Gasteiger partial charge in [0.15, 0.2) is 0 Å². The molecule has 15 heavy (non-hydrogen) atoms. The Morgan fingerprint density at radius 3 is 2.60 bits per heavy atom. The number of carbonyl (C=O) groups excluding carboxylic acids is 2. The third-order valence-corrected chi connectivity index (χ3v) is 2.78. The highest BCUT2D eigenvalue weighted by molar-refractivity contribution is 5.81. The van der Waals surface area contributed by atoms with Gasteiger partial charge in [0.25, 0.3) is 0 Å². The first-order chi connectivity index (χ1) is 6.91. The van der Waals surface area contributed by atoms with Gasteiger partial charge in [0.1, 0.15) is 0 Å². The molecule has 4 N–H and O–H groups in total. The Morgan fingerprint density at radius 1 is 1.53 bits per heavy atom. The van der Waals surface area contributed by atoms with Crippen LogP contribution >= 0.6 is 0 Å². The van der Waals surface area contributed by atoms with Crippen LogP contribution in [0.4, 0.5) is 0 Å². The Morgan fingerprint density at radius 2 is 2.13 bits per heavy atom. The lowest BCUT2D eigenvalue weighted by Crippen LogP contribution is -2.50. The maximum atomic E-state index is 11.3. The first kappa shape index (κ1) is 12.0. The summed E-state index contributed by atoms with van der Waals surface area (Å²) in [7, 11) is 0. The average Bonchev–Trinajstić information content (AvgIpc) is 2.46.